The Morgan fingerprint density at radius 2 is 1.92 bits per heavy atom. The van der Waals surface area contributed by atoms with E-state index in [9.17, 15) is 8.78 Å². The van der Waals surface area contributed by atoms with Crippen molar-refractivity contribution in [3.8, 4) is 0 Å². The van der Waals surface area contributed by atoms with Crippen LogP contribution in [0.15, 0.2) is 65.6 Å². The fraction of sp³-hybridized carbons (Fsp3) is 0.222. The Balaban J connectivity index is 1.30. The summed E-state index contributed by atoms with van der Waals surface area (Å²) in [6.45, 7) is 2.57. The van der Waals surface area contributed by atoms with Gasteiger partial charge >= 0.3 is 0 Å². The van der Waals surface area contributed by atoms with Crippen LogP contribution in [0.3, 0.4) is 0 Å². The number of benzene rings is 2. The molecule has 1 atom stereocenters. The third kappa shape index (κ3) is 4.70. The number of pyridine rings is 1. The Labute approximate surface area is 227 Å². The molecule has 0 saturated carbocycles. The van der Waals surface area contributed by atoms with Crippen molar-refractivity contribution in [2.24, 2.45) is 0 Å². The summed E-state index contributed by atoms with van der Waals surface area (Å²) in [7, 11) is 2.00. The molecule has 3 N–H and O–H groups in total. The van der Waals surface area contributed by atoms with Crippen LogP contribution < -0.4 is 20.4 Å². The van der Waals surface area contributed by atoms with E-state index in [0.717, 1.165) is 43.1 Å². The molecule has 1 fully saturated rings. The van der Waals surface area contributed by atoms with Gasteiger partial charge in [-0.15, -0.1) is 0 Å². The van der Waals surface area contributed by atoms with Crippen LogP contribution in [0.4, 0.5) is 36.2 Å². The minimum atomic E-state index is -0.848. The molecule has 4 aromatic rings. The maximum absolute atomic E-state index is 15.5. The second-order valence-electron chi connectivity index (χ2n) is 9.32. The molecule has 0 aliphatic carbocycles. The number of fused-ring (bicyclic) bond motifs is 2. The Hall–Kier alpha value is -4.03. The van der Waals surface area contributed by atoms with E-state index in [1.165, 1.54) is 18.5 Å². The molecule has 1 unspecified atom stereocenters. The van der Waals surface area contributed by atoms with Gasteiger partial charge in [0.25, 0.3) is 0 Å². The number of anilines is 4. The van der Waals surface area contributed by atoms with Crippen LogP contribution in [0.5, 0.6) is 0 Å². The number of piperidine rings is 1. The Morgan fingerprint density at radius 3 is 2.77 bits per heavy atom. The monoisotopic (exact) mass is 550 g/mol. The highest BCUT2D eigenvalue weighted by atomic mass is 32.2. The summed E-state index contributed by atoms with van der Waals surface area (Å²) in [6, 6.07) is 11.0. The highest BCUT2D eigenvalue weighted by Gasteiger charge is 2.33. The quantitative estimate of drug-likeness (QED) is 0.255. The van der Waals surface area contributed by atoms with Gasteiger partial charge in [-0.05, 0) is 68.1 Å². The van der Waals surface area contributed by atoms with Gasteiger partial charge in [0.05, 0.1) is 17.2 Å². The second-order valence-corrected chi connectivity index (χ2v) is 10.2. The van der Waals surface area contributed by atoms with E-state index in [1.54, 1.807) is 25.1 Å². The molecule has 39 heavy (non-hydrogen) atoms. The van der Waals surface area contributed by atoms with Crippen molar-refractivity contribution in [1.29, 1.82) is 0 Å². The molecule has 2 aliphatic rings. The Morgan fingerprint density at radius 1 is 1.05 bits per heavy atom. The van der Waals surface area contributed by atoms with Crippen molar-refractivity contribution in [2.45, 2.75) is 30.7 Å². The molecule has 2 aromatic carbocycles. The summed E-state index contributed by atoms with van der Waals surface area (Å²) in [5.74, 6) is -1.22. The predicted octanol–water partition coefficient (Wildman–Crippen LogP) is 5.87. The van der Waals surface area contributed by atoms with Crippen LogP contribution in [0.25, 0.3) is 11.0 Å². The largest absolute Gasteiger partial charge is 0.386 e. The average Bonchev–Trinajstić information content (AvgIpc) is 3.29. The summed E-state index contributed by atoms with van der Waals surface area (Å²) < 4.78 is 47.1. The topological polar surface area (TPSA) is 81.2 Å². The number of hydrazine groups is 1. The molecule has 1 saturated heterocycles. The lowest BCUT2D eigenvalue weighted by atomic mass is 10.1. The van der Waals surface area contributed by atoms with Gasteiger partial charge in [0.1, 0.15) is 35.0 Å². The van der Waals surface area contributed by atoms with Crippen LogP contribution in [0.1, 0.15) is 18.4 Å². The van der Waals surface area contributed by atoms with Crippen LogP contribution in [-0.2, 0) is 0 Å². The first-order valence-corrected chi connectivity index (χ1v) is 13.2. The highest BCUT2D eigenvalue weighted by Crippen LogP contribution is 2.35. The first-order chi connectivity index (χ1) is 18.9. The van der Waals surface area contributed by atoms with E-state index in [-0.39, 0.29) is 29.1 Å². The lowest BCUT2D eigenvalue weighted by Crippen LogP contribution is -2.42. The van der Waals surface area contributed by atoms with Gasteiger partial charge in [0, 0.05) is 35.9 Å². The van der Waals surface area contributed by atoms with Crippen molar-refractivity contribution < 1.29 is 13.2 Å². The van der Waals surface area contributed by atoms with Crippen molar-refractivity contribution in [1.82, 2.24) is 25.3 Å². The van der Waals surface area contributed by atoms with E-state index in [1.807, 2.05) is 24.3 Å². The van der Waals surface area contributed by atoms with E-state index in [0.29, 0.717) is 27.3 Å². The Kier molecular flexibility index (Phi) is 6.65. The number of likely N-dealkylation sites (N-methyl/N-ethyl adjacent to an activating group) is 1. The smallest absolute Gasteiger partial charge is 0.173 e. The zero-order valence-corrected chi connectivity index (χ0v) is 22.0. The molecule has 0 bridgehead atoms. The van der Waals surface area contributed by atoms with Gasteiger partial charge in [-0.25, -0.2) is 33.1 Å². The number of halogens is 3. The molecule has 2 aromatic heterocycles. The first kappa shape index (κ1) is 25.3. The van der Waals surface area contributed by atoms with Crippen molar-refractivity contribution in [3.63, 3.8) is 0 Å². The summed E-state index contributed by atoms with van der Waals surface area (Å²) >= 11 is 1.04. The molecule has 0 radical (unpaired) electrons. The van der Waals surface area contributed by atoms with Crippen molar-refractivity contribution in [3.05, 3.63) is 83.7 Å². The molecular formula is C27H25F3N8S. The molecule has 4 heterocycles. The van der Waals surface area contributed by atoms with Gasteiger partial charge in [0.2, 0.25) is 0 Å². The van der Waals surface area contributed by atoms with Gasteiger partial charge in [-0.3, -0.25) is 5.01 Å². The maximum atomic E-state index is 15.5. The lowest BCUT2D eigenvalue weighted by Gasteiger charge is -2.31. The van der Waals surface area contributed by atoms with E-state index >= 15 is 4.39 Å². The van der Waals surface area contributed by atoms with Crippen LogP contribution >= 0.6 is 11.9 Å². The van der Waals surface area contributed by atoms with Gasteiger partial charge in [-0.1, -0.05) is 6.07 Å². The molecule has 200 valence electrons. The maximum Gasteiger partial charge on any atom is 0.173 e. The van der Waals surface area contributed by atoms with E-state index in [4.69, 9.17) is 4.98 Å². The predicted molar refractivity (Wildman–Crippen MR) is 147 cm³/mol. The molecule has 12 heteroatoms. The zero-order chi connectivity index (χ0) is 27.1. The number of hydrogen-bond acceptors (Lipinski definition) is 9. The molecule has 6 rings (SSSR count). The number of hydrogen-bond donors (Lipinski definition) is 3. The summed E-state index contributed by atoms with van der Waals surface area (Å²) in [5.41, 5.74) is 2.09. The highest BCUT2D eigenvalue weighted by molar-refractivity contribution is 8.00. The normalized spacial score (nSPS) is 17.1. The third-order valence-corrected chi connectivity index (χ3v) is 7.90. The summed E-state index contributed by atoms with van der Waals surface area (Å²) in [5, 5.41) is 10.3. The standard InChI is InChI=1S/C27H25F3N8S/c1-15-16(28)5-3-7-22(15)39-36-18-9-8-17(29)25(24(18)30)35-27-26-19(32-14-33-27)10-11-23(34-26)38-13-20-21(37(38)2)6-4-12-31-20/h3,5,7-11,13-14,21,31,36H,4,6,12H2,1-2H3,(H,32,33,35). The minimum absolute atomic E-state index is 0.0278. The SMILES string of the molecule is Cc1c(F)cccc1SNc1ccc(F)c(Nc2ncnc3ccc(N4C=C5NCCCC5N4C)nc23)c1F. The lowest BCUT2D eigenvalue weighted by molar-refractivity contribution is 0.260. The minimum Gasteiger partial charge on any atom is -0.386 e. The molecular weight excluding hydrogens is 525 g/mol. The van der Waals surface area contributed by atoms with E-state index < -0.39 is 11.6 Å². The fourth-order valence-electron chi connectivity index (χ4n) is 4.74. The van der Waals surface area contributed by atoms with Crippen LogP contribution in [0.2, 0.25) is 0 Å². The Bertz CT molecular complexity index is 1600. The molecule has 0 spiro atoms. The summed E-state index contributed by atoms with van der Waals surface area (Å²) in [4.78, 5) is 13.9. The first-order valence-electron chi connectivity index (χ1n) is 12.4. The van der Waals surface area contributed by atoms with Crippen molar-refractivity contribution in [2.75, 3.05) is 28.6 Å². The molecule has 0 amide bonds. The average molecular weight is 551 g/mol. The third-order valence-electron chi connectivity index (χ3n) is 6.92. The van der Waals surface area contributed by atoms with E-state index in [2.05, 4.69) is 30.3 Å². The second kappa shape index (κ2) is 10.3. The number of nitrogens with zero attached hydrogens (tertiary/aromatic N) is 5. The van der Waals surface area contributed by atoms with Crippen molar-refractivity contribution >= 4 is 46.0 Å². The number of rotatable bonds is 6. The summed E-state index contributed by atoms with van der Waals surface area (Å²) in [6.07, 6.45) is 5.45. The fourth-order valence-corrected chi connectivity index (χ4v) is 5.52. The van der Waals surface area contributed by atoms with Gasteiger partial charge in [0.15, 0.2) is 11.6 Å². The van der Waals surface area contributed by atoms with Crippen LogP contribution in [0, 0.1) is 24.4 Å². The number of aromatic nitrogens is 3. The zero-order valence-electron chi connectivity index (χ0n) is 21.2. The molecule has 2 aliphatic heterocycles. The molecule has 8 nitrogen and oxygen atoms in total. The van der Waals surface area contributed by atoms with Crippen LogP contribution in [-0.4, -0.2) is 39.6 Å². The van der Waals surface area contributed by atoms with Gasteiger partial charge in [-0.2, -0.15) is 0 Å². The van der Waals surface area contributed by atoms with Gasteiger partial charge < -0.3 is 15.4 Å². The number of nitrogens with one attached hydrogen (secondary N) is 3.